The lowest BCUT2D eigenvalue weighted by Gasteiger charge is -2.14. The predicted octanol–water partition coefficient (Wildman–Crippen LogP) is 3.50. The van der Waals surface area contributed by atoms with Gasteiger partial charge in [0.1, 0.15) is 0 Å². The van der Waals surface area contributed by atoms with Gasteiger partial charge in [0.2, 0.25) is 5.91 Å². The Kier molecular flexibility index (Phi) is 5.03. The van der Waals surface area contributed by atoms with Crippen molar-refractivity contribution in [2.45, 2.75) is 44.6 Å². The van der Waals surface area contributed by atoms with E-state index in [4.69, 9.17) is 4.74 Å². The Balaban J connectivity index is 1.75. The van der Waals surface area contributed by atoms with Crippen molar-refractivity contribution in [2.24, 2.45) is 0 Å². The first kappa shape index (κ1) is 18.5. The number of pyridine rings is 1. The van der Waals surface area contributed by atoms with Crippen LogP contribution in [-0.4, -0.2) is 23.5 Å². The van der Waals surface area contributed by atoms with E-state index < -0.39 is 5.82 Å². The fourth-order valence-electron chi connectivity index (χ4n) is 3.60. The van der Waals surface area contributed by atoms with E-state index in [9.17, 15) is 14.0 Å². The van der Waals surface area contributed by atoms with Crippen molar-refractivity contribution in [1.82, 2.24) is 10.3 Å². The van der Waals surface area contributed by atoms with Crippen LogP contribution in [0.5, 0.6) is 5.75 Å². The minimum absolute atomic E-state index is 0.00366. The standard InChI is InChI=1S/C22H23FN2O3/c1-2-28-20-9-5-14(11-18(20)23)17(12-15-6-10-21(26)24-15)19-8-7-16(13-3-4-13)22(27)25-19/h5,7-9,11-13,15H,2-4,6,10H2,1H3,(H,24,26)(H,25,27)/b17-12+/t15-/m1/s1. The first-order valence-corrected chi connectivity index (χ1v) is 9.72. The van der Waals surface area contributed by atoms with Gasteiger partial charge in [-0.15, -0.1) is 0 Å². The highest BCUT2D eigenvalue weighted by Crippen LogP contribution is 2.38. The van der Waals surface area contributed by atoms with Gasteiger partial charge >= 0.3 is 0 Å². The van der Waals surface area contributed by atoms with Gasteiger partial charge in [-0.1, -0.05) is 18.2 Å². The van der Waals surface area contributed by atoms with E-state index in [-0.39, 0.29) is 23.3 Å². The predicted molar refractivity (Wildman–Crippen MR) is 105 cm³/mol. The average Bonchev–Trinajstić information content (AvgIpc) is 3.43. The van der Waals surface area contributed by atoms with E-state index in [1.165, 1.54) is 6.07 Å². The largest absolute Gasteiger partial charge is 0.491 e. The molecule has 1 aromatic carbocycles. The summed E-state index contributed by atoms with van der Waals surface area (Å²) < 4.78 is 19.7. The zero-order chi connectivity index (χ0) is 19.7. The lowest BCUT2D eigenvalue weighted by molar-refractivity contribution is -0.119. The molecule has 1 atom stereocenters. The summed E-state index contributed by atoms with van der Waals surface area (Å²) in [6.45, 7) is 2.18. The SMILES string of the molecule is CCOc1ccc(/C(=C\[C@H]2CCC(=O)N2)c2ccc(C3CC3)c(=O)[nH]2)cc1F. The van der Waals surface area contributed by atoms with Gasteiger partial charge in [0, 0.05) is 29.3 Å². The number of aromatic nitrogens is 1. The fraction of sp³-hybridized carbons (Fsp3) is 0.364. The van der Waals surface area contributed by atoms with Crippen LogP contribution in [-0.2, 0) is 4.79 Å². The molecular weight excluding hydrogens is 359 g/mol. The number of benzene rings is 1. The molecule has 0 spiro atoms. The highest BCUT2D eigenvalue weighted by molar-refractivity contribution is 5.82. The van der Waals surface area contributed by atoms with Gasteiger partial charge in [-0.2, -0.15) is 0 Å². The quantitative estimate of drug-likeness (QED) is 0.803. The highest BCUT2D eigenvalue weighted by atomic mass is 19.1. The molecule has 0 unspecified atom stereocenters. The molecule has 146 valence electrons. The van der Waals surface area contributed by atoms with Gasteiger partial charge in [-0.25, -0.2) is 4.39 Å². The lowest BCUT2D eigenvalue weighted by atomic mass is 9.98. The van der Waals surface area contributed by atoms with E-state index in [0.29, 0.717) is 42.2 Å². The third-order valence-corrected chi connectivity index (χ3v) is 5.19. The second kappa shape index (κ2) is 7.62. The van der Waals surface area contributed by atoms with Crippen molar-refractivity contribution in [3.05, 3.63) is 69.4 Å². The normalized spacial score (nSPS) is 19.6. The molecule has 28 heavy (non-hydrogen) atoms. The molecule has 1 amide bonds. The minimum Gasteiger partial charge on any atom is -0.491 e. The van der Waals surface area contributed by atoms with Crippen LogP contribution in [0.15, 0.2) is 41.2 Å². The number of nitrogens with one attached hydrogen (secondary N) is 2. The zero-order valence-corrected chi connectivity index (χ0v) is 15.8. The number of amides is 1. The van der Waals surface area contributed by atoms with E-state index in [1.54, 1.807) is 19.1 Å². The second-order valence-electron chi connectivity index (χ2n) is 7.30. The molecule has 5 nitrogen and oxygen atoms in total. The number of carbonyl (C=O) groups is 1. The number of halogens is 1. The van der Waals surface area contributed by atoms with Crippen LogP contribution in [0.3, 0.4) is 0 Å². The molecule has 1 aliphatic carbocycles. The summed E-state index contributed by atoms with van der Waals surface area (Å²) in [5.41, 5.74) is 2.62. The molecule has 2 aliphatic rings. The average molecular weight is 382 g/mol. The first-order chi connectivity index (χ1) is 13.5. The third kappa shape index (κ3) is 3.86. The van der Waals surface area contributed by atoms with Crippen LogP contribution in [0.4, 0.5) is 4.39 Å². The van der Waals surface area contributed by atoms with Crippen molar-refractivity contribution >= 4 is 11.5 Å². The van der Waals surface area contributed by atoms with E-state index in [0.717, 1.165) is 18.4 Å². The number of hydrogen-bond acceptors (Lipinski definition) is 3. The zero-order valence-electron chi connectivity index (χ0n) is 15.8. The maximum Gasteiger partial charge on any atom is 0.251 e. The molecule has 4 rings (SSSR count). The molecule has 1 saturated carbocycles. The van der Waals surface area contributed by atoms with E-state index >= 15 is 0 Å². The smallest absolute Gasteiger partial charge is 0.251 e. The number of rotatable bonds is 6. The molecule has 1 saturated heterocycles. The maximum absolute atomic E-state index is 14.5. The van der Waals surface area contributed by atoms with E-state index in [2.05, 4.69) is 10.3 Å². The first-order valence-electron chi connectivity index (χ1n) is 9.72. The van der Waals surface area contributed by atoms with Gasteiger partial charge in [0.25, 0.3) is 5.56 Å². The van der Waals surface area contributed by atoms with Crippen molar-refractivity contribution < 1.29 is 13.9 Å². The van der Waals surface area contributed by atoms with Crippen molar-refractivity contribution in [2.75, 3.05) is 6.61 Å². The lowest BCUT2D eigenvalue weighted by Crippen LogP contribution is -2.23. The molecule has 2 fully saturated rings. The summed E-state index contributed by atoms with van der Waals surface area (Å²) >= 11 is 0. The number of H-pyrrole nitrogens is 1. The Bertz CT molecular complexity index is 992. The van der Waals surface area contributed by atoms with Crippen LogP contribution in [0.1, 0.15) is 55.3 Å². The fourth-order valence-corrected chi connectivity index (χ4v) is 3.60. The maximum atomic E-state index is 14.5. The Hall–Kier alpha value is -2.89. The molecule has 2 N–H and O–H groups in total. The van der Waals surface area contributed by atoms with Crippen LogP contribution in [0, 0.1) is 5.82 Å². The summed E-state index contributed by atoms with van der Waals surface area (Å²) in [5, 5.41) is 2.90. The summed E-state index contributed by atoms with van der Waals surface area (Å²) in [7, 11) is 0. The summed E-state index contributed by atoms with van der Waals surface area (Å²) in [6.07, 6.45) is 5.12. The molecule has 6 heteroatoms. The van der Waals surface area contributed by atoms with Gasteiger partial charge in [-0.3, -0.25) is 9.59 Å². The molecule has 2 aromatic rings. The monoisotopic (exact) mass is 382 g/mol. The number of carbonyl (C=O) groups excluding carboxylic acids is 1. The molecular formula is C22H23FN2O3. The highest BCUT2D eigenvalue weighted by Gasteiger charge is 2.27. The van der Waals surface area contributed by atoms with Gasteiger partial charge in [0.05, 0.1) is 6.61 Å². The topological polar surface area (TPSA) is 71.2 Å². The molecule has 1 aliphatic heterocycles. The number of ether oxygens (including phenoxy) is 1. The molecule has 2 heterocycles. The van der Waals surface area contributed by atoms with Crippen molar-refractivity contribution in [1.29, 1.82) is 0 Å². The van der Waals surface area contributed by atoms with E-state index in [1.807, 2.05) is 18.2 Å². The van der Waals surface area contributed by atoms with Gasteiger partial charge < -0.3 is 15.0 Å². The summed E-state index contributed by atoms with van der Waals surface area (Å²) in [5.74, 6) is 0.0771. The van der Waals surface area contributed by atoms with Crippen LogP contribution in [0.2, 0.25) is 0 Å². The van der Waals surface area contributed by atoms with Gasteiger partial charge in [0.15, 0.2) is 11.6 Å². The summed E-state index contributed by atoms with van der Waals surface area (Å²) in [4.78, 5) is 27.0. The minimum atomic E-state index is -0.461. The third-order valence-electron chi connectivity index (χ3n) is 5.19. The Morgan fingerprint density at radius 2 is 2.04 bits per heavy atom. The summed E-state index contributed by atoms with van der Waals surface area (Å²) in [6, 6.07) is 8.34. The van der Waals surface area contributed by atoms with Crippen molar-refractivity contribution in [3.8, 4) is 5.75 Å². The van der Waals surface area contributed by atoms with Crippen LogP contribution < -0.4 is 15.6 Å². The Morgan fingerprint density at radius 1 is 1.21 bits per heavy atom. The Morgan fingerprint density at radius 3 is 2.64 bits per heavy atom. The molecule has 0 radical (unpaired) electrons. The molecule has 1 aromatic heterocycles. The van der Waals surface area contributed by atoms with Crippen molar-refractivity contribution in [3.63, 3.8) is 0 Å². The van der Waals surface area contributed by atoms with Crippen LogP contribution >= 0.6 is 0 Å². The molecule has 0 bridgehead atoms. The second-order valence-corrected chi connectivity index (χ2v) is 7.30. The Labute approximate surface area is 162 Å². The number of hydrogen-bond donors (Lipinski definition) is 2. The number of aromatic amines is 1. The van der Waals surface area contributed by atoms with Gasteiger partial charge in [-0.05, 0) is 55.9 Å². The van der Waals surface area contributed by atoms with Crippen LogP contribution in [0.25, 0.3) is 5.57 Å².